The molecule has 0 atom stereocenters. The maximum absolute atomic E-state index is 13.4. The molecule has 0 spiro atoms. The second-order valence-electron chi connectivity index (χ2n) is 5.04. The molecule has 0 aromatic heterocycles. The fourth-order valence-electron chi connectivity index (χ4n) is 2.24. The SMILES string of the molecule is CCCN(CC1CC1)c1ccc(F)cc1C(N)=NO. The van der Waals surface area contributed by atoms with Crippen molar-refractivity contribution < 1.29 is 9.60 Å². The topological polar surface area (TPSA) is 61.8 Å². The molecular formula is C14H20FN3O. The zero-order valence-electron chi connectivity index (χ0n) is 11.1. The highest BCUT2D eigenvalue weighted by molar-refractivity contribution is 6.02. The quantitative estimate of drug-likeness (QED) is 0.359. The average Bonchev–Trinajstić information content (AvgIpc) is 3.21. The summed E-state index contributed by atoms with van der Waals surface area (Å²) in [7, 11) is 0. The van der Waals surface area contributed by atoms with Crippen molar-refractivity contribution in [3.8, 4) is 0 Å². The number of benzene rings is 1. The van der Waals surface area contributed by atoms with Crippen molar-refractivity contribution in [3.05, 3.63) is 29.6 Å². The molecule has 4 nitrogen and oxygen atoms in total. The summed E-state index contributed by atoms with van der Waals surface area (Å²) in [4.78, 5) is 2.20. The summed E-state index contributed by atoms with van der Waals surface area (Å²) in [6, 6.07) is 4.44. The van der Waals surface area contributed by atoms with Gasteiger partial charge in [-0.2, -0.15) is 0 Å². The van der Waals surface area contributed by atoms with E-state index in [9.17, 15) is 4.39 Å². The third kappa shape index (κ3) is 3.36. The van der Waals surface area contributed by atoms with Crippen LogP contribution in [0.5, 0.6) is 0 Å². The molecule has 1 fully saturated rings. The summed E-state index contributed by atoms with van der Waals surface area (Å²) in [6.45, 7) is 3.94. The van der Waals surface area contributed by atoms with E-state index in [1.165, 1.54) is 25.0 Å². The molecule has 0 bridgehead atoms. The highest BCUT2D eigenvalue weighted by atomic mass is 19.1. The molecule has 0 amide bonds. The number of hydrogen-bond acceptors (Lipinski definition) is 3. The van der Waals surface area contributed by atoms with Crippen molar-refractivity contribution in [3.63, 3.8) is 0 Å². The Morgan fingerprint density at radius 1 is 1.53 bits per heavy atom. The van der Waals surface area contributed by atoms with Crippen molar-refractivity contribution in [2.24, 2.45) is 16.8 Å². The van der Waals surface area contributed by atoms with Crippen LogP contribution in [0.4, 0.5) is 10.1 Å². The van der Waals surface area contributed by atoms with E-state index in [1.807, 2.05) is 0 Å². The van der Waals surface area contributed by atoms with E-state index in [0.29, 0.717) is 5.56 Å². The van der Waals surface area contributed by atoms with Crippen LogP contribution in [-0.4, -0.2) is 24.1 Å². The van der Waals surface area contributed by atoms with E-state index in [-0.39, 0.29) is 11.7 Å². The van der Waals surface area contributed by atoms with Gasteiger partial charge in [0, 0.05) is 24.3 Å². The molecule has 1 aliphatic carbocycles. The van der Waals surface area contributed by atoms with Gasteiger partial charge in [0.25, 0.3) is 0 Å². The fraction of sp³-hybridized carbons (Fsp3) is 0.500. The van der Waals surface area contributed by atoms with Gasteiger partial charge in [0.15, 0.2) is 5.84 Å². The molecule has 3 N–H and O–H groups in total. The molecule has 1 aromatic carbocycles. The van der Waals surface area contributed by atoms with Crippen molar-refractivity contribution in [1.29, 1.82) is 0 Å². The number of nitrogens with zero attached hydrogens (tertiary/aromatic N) is 2. The monoisotopic (exact) mass is 265 g/mol. The number of anilines is 1. The number of oxime groups is 1. The minimum absolute atomic E-state index is 0.0496. The number of nitrogens with two attached hydrogens (primary N) is 1. The Hall–Kier alpha value is -1.78. The van der Waals surface area contributed by atoms with Gasteiger partial charge in [-0.1, -0.05) is 12.1 Å². The number of amidine groups is 1. The number of hydrogen-bond donors (Lipinski definition) is 2. The largest absolute Gasteiger partial charge is 0.409 e. The molecule has 19 heavy (non-hydrogen) atoms. The molecule has 104 valence electrons. The summed E-state index contributed by atoms with van der Waals surface area (Å²) in [5, 5.41) is 11.8. The van der Waals surface area contributed by atoms with Crippen LogP contribution in [-0.2, 0) is 0 Å². The minimum atomic E-state index is -0.381. The molecule has 1 aliphatic rings. The first-order valence-corrected chi connectivity index (χ1v) is 6.68. The summed E-state index contributed by atoms with van der Waals surface area (Å²) in [5.74, 6) is 0.288. The predicted octanol–water partition coefficient (Wildman–Crippen LogP) is 2.55. The van der Waals surface area contributed by atoms with E-state index in [4.69, 9.17) is 10.9 Å². The van der Waals surface area contributed by atoms with Crippen LogP contribution in [0.3, 0.4) is 0 Å². The van der Waals surface area contributed by atoms with Crippen LogP contribution in [0.25, 0.3) is 0 Å². The molecule has 1 aromatic rings. The highest BCUT2D eigenvalue weighted by Gasteiger charge is 2.25. The Bertz CT molecular complexity index is 472. The lowest BCUT2D eigenvalue weighted by atomic mass is 10.1. The van der Waals surface area contributed by atoms with Crippen LogP contribution < -0.4 is 10.6 Å². The maximum atomic E-state index is 13.4. The van der Waals surface area contributed by atoms with E-state index < -0.39 is 0 Å². The first-order chi connectivity index (χ1) is 9.15. The molecule has 0 heterocycles. The van der Waals surface area contributed by atoms with Gasteiger partial charge >= 0.3 is 0 Å². The van der Waals surface area contributed by atoms with Crippen LogP contribution in [0.15, 0.2) is 23.4 Å². The molecule has 0 saturated heterocycles. The molecule has 5 heteroatoms. The van der Waals surface area contributed by atoms with E-state index in [2.05, 4.69) is 17.0 Å². The Labute approximate surface area is 112 Å². The van der Waals surface area contributed by atoms with Crippen LogP contribution >= 0.6 is 0 Å². The summed E-state index contributed by atoms with van der Waals surface area (Å²) < 4.78 is 13.4. The second-order valence-corrected chi connectivity index (χ2v) is 5.04. The van der Waals surface area contributed by atoms with Gasteiger partial charge in [0.2, 0.25) is 0 Å². The van der Waals surface area contributed by atoms with Crippen LogP contribution in [0, 0.1) is 11.7 Å². The van der Waals surface area contributed by atoms with Gasteiger partial charge in [-0.15, -0.1) is 0 Å². The Morgan fingerprint density at radius 2 is 2.26 bits per heavy atom. The Kier molecular flexibility index (Phi) is 4.24. The van der Waals surface area contributed by atoms with Gasteiger partial charge in [-0.05, 0) is 43.4 Å². The molecule has 1 saturated carbocycles. The summed E-state index contributed by atoms with van der Waals surface area (Å²) in [5.41, 5.74) is 6.94. The zero-order valence-corrected chi connectivity index (χ0v) is 11.1. The van der Waals surface area contributed by atoms with E-state index in [1.54, 1.807) is 6.07 Å². The van der Waals surface area contributed by atoms with Crippen molar-refractivity contribution in [2.45, 2.75) is 26.2 Å². The van der Waals surface area contributed by atoms with Gasteiger partial charge in [0.1, 0.15) is 5.82 Å². The van der Waals surface area contributed by atoms with Crippen molar-refractivity contribution in [2.75, 3.05) is 18.0 Å². The minimum Gasteiger partial charge on any atom is -0.409 e. The molecule has 2 rings (SSSR count). The Morgan fingerprint density at radius 3 is 2.84 bits per heavy atom. The molecule has 0 aliphatic heterocycles. The van der Waals surface area contributed by atoms with E-state index in [0.717, 1.165) is 31.1 Å². The van der Waals surface area contributed by atoms with Gasteiger partial charge < -0.3 is 15.8 Å². The first-order valence-electron chi connectivity index (χ1n) is 6.68. The molecule has 0 unspecified atom stereocenters. The maximum Gasteiger partial charge on any atom is 0.172 e. The molecular weight excluding hydrogens is 245 g/mol. The number of rotatable bonds is 6. The zero-order chi connectivity index (χ0) is 13.8. The smallest absolute Gasteiger partial charge is 0.172 e. The van der Waals surface area contributed by atoms with E-state index >= 15 is 0 Å². The first kappa shape index (κ1) is 13.6. The van der Waals surface area contributed by atoms with Crippen molar-refractivity contribution in [1.82, 2.24) is 0 Å². The lowest BCUT2D eigenvalue weighted by Gasteiger charge is -2.26. The lowest BCUT2D eigenvalue weighted by Crippen LogP contribution is -2.29. The fourth-order valence-corrected chi connectivity index (χ4v) is 2.24. The third-order valence-electron chi connectivity index (χ3n) is 3.35. The van der Waals surface area contributed by atoms with Crippen molar-refractivity contribution >= 4 is 11.5 Å². The third-order valence-corrected chi connectivity index (χ3v) is 3.35. The Balaban J connectivity index is 2.33. The van der Waals surface area contributed by atoms with Crippen LogP contribution in [0.2, 0.25) is 0 Å². The summed E-state index contributed by atoms with van der Waals surface area (Å²) >= 11 is 0. The second kappa shape index (κ2) is 5.91. The van der Waals surface area contributed by atoms with Crippen LogP contribution in [0.1, 0.15) is 31.7 Å². The van der Waals surface area contributed by atoms with Gasteiger partial charge in [0.05, 0.1) is 0 Å². The van der Waals surface area contributed by atoms with Gasteiger partial charge in [-0.3, -0.25) is 0 Å². The average molecular weight is 265 g/mol. The van der Waals surface area contributed by atoms with Gasteiger partial charge in [-0.25, -0.2) is 4.39 Å². The normalized spacial score (nSPS) is 15.6. The highest BCUT2D eigenvalue weighted by Crippen LogP contribution is 2.32. The summed E-state index contributed by atoms with van der Waals surface area (Å²) in [6.07, 6.45) is 3.50. The predicted molar refractivity (Wildman–Crippen MR) is 74.1 cm³/mol. The number of halogens is 1. The molecule has 0 radical (unpaired) electrons. The lowest BCUT2D eigenvalue weighted by molar-refractivity contribution is 0.318. The standard InChI is InChI=1S/C14H20FN3O/c1-2-7-18(9-10-3-4-10)13-6-5-11(15)8-12(13)14(16)17-19/h5-6,8,10,19H,2-4,7,9H2,1H3,(H2,16,17).